The van der Waals surface area contributed by atoms with Gasteiger partial charge in [0, 0.05) is 0 Å². The third kappa shape index (κ3) is 0.850. The molecule has 4 spiro atoms. The lowest BCUT2D eigenvalue weighted by atomic mass is 9.02. The fourth-order valence-electron chi connectivity index (χ4n) is 20.1. The standard InChI is InChI=1S/C30H36/c1-11-2-16-18-8-27-9-19-17-5-13-14-3-12-4-20(13)30-10-28(6-11,22(15(1)18)25(27)23(17)30)24(16)26(27)29(30,7-12)21(14)19/h11-26H,1-10H2. The molecule has 0 aromatic heterocycles. The minimum absolute atomic E-state index is 0.921. The van der Waals surface area contributed by atoms with E-state index in [0.717, 1.165) is 21.7 Å². The molecule has 156 valence electrons. The van der Waals surface area contributed by atoms with Crippen molar-refractivity contribution in [1.29, 1.82) is 0 Å². The van der Waals surface area contributed by atoms with Crippen molar-refractivity contribution in [1.82, 2.24) is 0 Å². The van der Waals surface area contributed by atoms with Crippen LogP contribution in [0.3, 0.4) is 0 Å². The number of hydrogen-bond acceptors (Lipinski definition) is 0. The van der Waals surface area contributed by atoms with E-state index in [1.165, 1.54) is 94.7 Å². The van der Waals surface area contributed by atoms with Crippen LogP contribution < -0.4 is 0 Å². The summed E-state index contributed by atoms with van der Waals surface area (Å²) < 4.78 is 0. The second-order valence-electron chi connectivity index (χ2n) is 16.8. The normalized spacial score (nSPS) is 91.2. The van der Waals surface area contributed by atoms with Crippen LogP contribution in [0.1, 0.15) is 64.2 Å². The fraction of sp³-hybridized carbons (Fsp3) is 1.00. The van der Waals surface area contributed by atoms with Crippen LogP contribution in [0.15, 0.2) is 0 Å². The predicted octanol–water partition coefficient (Wildman–Crippen LogP) is 5.87. The van der Waals surface area contributed by atoms with Gasteiger partial charge in [-0.2, -0.15) is 0 Å². The first-order chi connectivity index (χ1) is 14.7. The van der Waals surface area contributed by atoms with Gasteiger partial charge in [-0.25, -0.2) is 0 Å². The molecule has 20 atom stereocenters. The van der Waals surface area contributed by atoms with Gasteiger partial charge in [0.2, 0.25) is 0 Å². The van der Waals surface area contributed by atoms with Crippen molar-refractivity contribution in [2.45, 2.75) is 64.2 Å². The Morgan fingerprint density at radius 2 is 1.20 bits per heavy atom. The molecule has 19 fully saturated rings. The van der Waals surface area contributed by atoms with Crippen LogP contribution in [-0.4, -0.2) is 0 Å². The molecule has 0 heteroatoms. The van der Waals surface area contributed by atoms with Crippen molar-refractivity contribution in [2.24, 2.45) is 116 Å². The van der Waals surface area contributed by atoms with Crippen molar-refractivity contribution < 1.29 is 0 Å². The fourth-order valence-corrected chi connectivity index (χ4v) is 20.1. The molecule has 20 bridgehead atoms. The Morgan fingerprint density at radius 1 is 0.433 bits per heavy atom. The zero-order chi connectivity index (χ0) is 18.3. The molecule has 0 radical (unpaired) electrons. The Balaban J connectivity index is 1.24. The molecular formula is C30H36. The lowest BCUT2D eigenvalue weighted by molar-refractivity contribution is -0.546. The van der Waals surface area contributed by atoms with Gasteiger partial charge >= 0.3 is 0 Å². The maximum Gasteiger partial charge on any atom is -0.0162 e. The molecule has 19 rings (SSSR count). The van der Waals surface area contributed by atoms with E-state index in [1.54, 1.807) is 57.8 Å². The van der Waals surface area contributed by atoms with Crippen molar-refractivity contribution in [3.8, 4) is 0 Å². The smallest absolute Gasteiger partial charge is 0.0162 e. The van der Waals surface area contributed by atoms with E-state index in [1.807, 2.05) is 6.42 Å². The predicted molar refractivity (Wildman–Crippen MR) is 112 cm³/mol. The molecule has 19 aliphatic carbocycles. The quantitative estimate of drug-likeness (QED) is 0.480. The summed E-state index contributed by atoms with van der Waals surface area (Å²) in [5.74, 6) is 20.0. The van der Waals surface area contributed by atoms with Crippen molar-refractivity contribution in [3.63, 3.8) is 0 Å². The Labute approximate surface area is 180 Å². The first-order valence-corrected chi connectivity index (χ1v) is 14.7. The molecule has 0 heterocycles. The molecule has 20 unspecified atom stereocenters. The van der Waals surface area contributed by atoms with Gasteiger partial charge in [0.1, 0.15) is 0 Å². The third-order valence-electron chi connectivity index (χ3n) is 18.1. The first-order valence-electron chi connectivity index (χ1n) is 14.7. The molecule has 30 heavy (non-hydrogen) atoms. The summed E-state index contributed by atoms with van der Waals surface area (Å²) in [6.45, 7) is 0. The summed E-state index contributed by atoms with van der Waals surface area (Å²) in [6.07, 6.45) is 17.6. The highest BCUT2D eigenvalue weighted by molar-refractivity contribution is 5.46. The van der Waals surface area contributed by atoms with Crippen LogP contribution in [0.2, 0.25) is 0 Å². The second kappa shape index (κ2) is 3.38. The molecule has 0 N–H and O–H groups in total. The molecule has 19 saturated carbocycles. The van der Waals surface area contributed by atoms with Gasteiger partial charge in [0.25, 0.3) is 0 Å². The molecule has 0 aromatic rings. The molecule has 19 aliphatic rings. The van der Waals surface area contributed by atoms with E-state index in [0.29, 0.717) is 0 Å². The summed E-state index contributed by atoms with van der Waals surface area (Å²) in [6, 6.07) is 0. The lowest BCUT2D eigenvalue weighted by Crippen LogP contribution is -2.97. The molecular weight excluding hydrogens is 360 g/mol. The number of hydrogen-bond donors (Lipinski definition) is 0. The van der Waals surface area contributed by atoms with E-state index in [-0.39, 0.29) is 0 Å². The lowest BCUT2D eigenvalue weighted by Gasteiger charge is -3.02. The zero-order valence-corrected chi connectivity index (χ0v) is 18.3. The van der Waals surface area contributed by atoms with Gasteiger partial charge in [0.05, 0.1) is 0 Å². The summed E-state index contributed by atoms with van der Waals surface area (Å²) in [5.41, 5.74) is 3.71. The molecule has 0 aromatic carbocycles. The van der Waals surface area contributed by atoms with Crippen LogP contribution in [0.4, 0.5) is 0 Å². The Bertz CT molecular complexity index is 1040. The van der Waals surface area contributed by atoms with Crippen molar-refractivity contribution in [3.05, 3.63) is 0 Å². The van der Waals surface area contributed by atoms with Crippen LogP contribution in [-0.2, 0) is 0 Å². The summed E-state index contributed by atoms with van der Waals surface area (Å²) >= 11 is 0. The van der Waals surface area contributed by atoms with Gasteiger partial charge in [0.15, 0.2) is 0 Å². The largest absolute Gasteiger partial charge is 0.0470 e. The van der Waals surface area contributed by atoms with E-state index in [9.17, 15) is 0 Å². The third-order valence-corrected chi connectivity index (χ3v) is 18.1. The molecule has 0 nitrogen and oxygen atoms in total. The van der Waals surface area contributed by atoms with Gasteiger partial charge in [-0.15, -0.1) is 0 Å². The van der Waals surface area contributed by atoms with Crippen LogP contribution in [0.25, 0.3) is 0 Å². The van der Waals surface area contributed by atoms with E-state index in [4.69, 9.17) is 0 Å². The maximum absolute atomic E-state index is 1.85. The maximum atomic E-state index is 1.85. The van der Waals surface area contributed by atoms with Crippen LogP contribution in [0, 0.1) is 116 Å². The van der Waals surface area contributed by atoms with Crippen LogP contribution >= 0.6 is 0 Å². The average Bonchev–Trinajstić information content (AvgIpc) is 2.74. The Hall–Kier alpha value is 0. The van der Waals surface area contributed by atoms with Gasteiger partial charge in [-0.3, -0.25) is 0 Å². The molecule has 0 amide bonds. The van der Waals surface area contributed by atoms with Gasteiger partial charge in [-0.1, -0.05) is 0 Å². The van der Waals surface area contributed by atoms with Crippen LogP contribution in [0.5, 0.6) is 0 Å². The summed E-state index contributed by atoms with van der Waals surface area (Å²) in [5, 5.41) is 0. The SMILES string of the molecule is C1C2CC3C4CC56CC7C8CC9C%10CC%11CC9C9%12CC(C2)(C(C14)C5C89)C3C6C%12(C%11)C%107. The topological polar surface area (TPSA) is 0 Å². The molecule has 0 aliphatic heterocycles. The minimum atomic E-state index is 0.921. The second-order valence-corrected chi connectivity index (χ2v) is 16.8. The van der Waals surface area contributed by atoms with Crippen molar-refractivity contribution >= 4 is 0 Å². The van der Waals surface area contributed by atoms with E-state index >= 15 is 0 Å². The highest BCUT2D eigenvalue weighted by Crippen LogP contribution is 3.04. The van der Waals surface area contributed by atoms with Gasteiger partial charge in [-0.05, 0) is 181 Å². The Kier molecular flexibility index (Phi) is 1.61. The van der Waals surface area contributed by atoms with E-state index in [2.05, 4.69) is 0 Å². The van der Waals surface area contributed by atoms with Gasteiger partial charge < -0.3 is 0 Å². The summed E-state index contributed by atoms with van der Waals surface area (Å²) in [7, 11) is 0. The molecule has 0 saturated heterocycles. The highest BCUT2D eigenvalue weighted by Gasteiger charge is 2.98. The zero-order valence-electron chi connectivity index (χ0n) is 18.3. The number of rotatable bonds is 0. The average molecular weight is 397 g/mol. The summed E-state index contributed by atoms with van der Waals surface area (Å²) in [4.78, 5) is 0. The minimum Gasteiger partial charge on any atom is -0.0470 e. The van der Waals surface area contributed by atoms with Crippen molar-refractivity contribution in [2.75, 3.05) is 0 Å². The first kappa shape index (κ1) is 14.3. The van der Waals surface area contributed by atoms with E-state index < -0.39 is 0 Å². The highest BCUT2D eigenvalue weighted by atomic mass is 15.0. The monoisotopic (exact) mass is 396 g/mol. The Morgan fingerprint density at radius 3 is 2.13 bits per heavy atom.